The second-order valence-electron chi connectivity index (χ2n) is 12.1. The van der Waals surface area contributed by atoms with E-state index in [1.165, 1.54) is 70.6 Å². The van der Waals surface area contributed by atoms with Crippen LogP contribution in [0.25, 0.3) is 0 Å². The number of hydrogen-bond donors (Lipinski definition) is 4. The van der Waals surface area contributed by atoms with Gasteiger partial charge in [0.1, 0.15) is 0 Å². The monoisotopic (exact) mass is 656 g/mol. The number of aliphatic hydroxyl groups is 1. The molecule has 0 aliphatic rings. The van der Waals surface area contributed by atoms with Crippen LogP contribution in [0.3, 0.4) is 0 Å². The van der Waals surface area contributed by atoms with Crippen molar-refractivity contribution >= 4 is 13.7 Å². The highest BCUT2D eigenvalue weighted by molar-refractivity contribution is 7.47. The molecule has 3 atom stereocenters. The normalized spacial score (nSPS) is 14.9. The molecule has 0 aliphatic carbocycles. The summed E-state index contributed by atoms with van der Waals surface area (Å²) in [6.45, 7) is 4.06. The smallest absolute Gasteiger partial charge is 0.387 e. The quantitative estimate of drug-likeness (QED) is 0.0315. The van der Waals surface area contributed by atoms with E-state index in [0.29, 0.717) is 6.42 Å². The van der Waals surface area contributed by atoms with Crippen LogP contribution in [-0.4, -0.2) is 47.8 Å². The Morgan fingerprint density at radius 3 is 1.78 bits per heavy atom. The van der Waals surface area contributed by atoms with Crippen LogP contribution in [-0.2, 0) is 18.4 Å². The minimum atomic E-state index is -4.33. The highest BCUT2D eigenvalue weighted by Gasteiger charge is 2.26. The topological polar surface area (TPSA) is 131 Å². The van der Waals surface area contributed by atoms with Gasteiger partial charge in [0, 0.05) is 13.0 Å². The molecule has 0 spiro atoms. The number of carbonyl (C=O) groups is 1. The predicted octanol–water partition coefficient (Wildman–Crippen LogP) is 9.22. The first-order valence-corrected chi connectivity index (χ1v) is 19.6. The zero-order valence-electron chi connectivity index (χ0n) is 28.8. The Morgan fingerprint density at radius 1 is 0.733 bits per heavy atom. The number of phosphoric ester groups is 1. The first-order chi connectivity index (χ1) is 21.9. The van der Waals surface area contributed by atoms with Crippen LogP contribution in [0.15, 0.2) is 36.5 Å². The van der Waals surface area contributed by atoms with E-state index in [0.717, 1.165) is 64.2 Å². The number of phosphoric acid groups is 1. The fourth-order valence-electron chi connectivity index (χ4n) is 4.92. The zero-order valence-corrected chi connectivity index (χ0v) is 29.7. The van der Waals surface area contributed by atoms with Crippen LogP contribution >= 0.6 is 7.82 Å². The molecule has 0 saturated heterocycles. The molecule has 1 amide bonds. The predicted molar refractivity (Wildman–Crippen MR) is 189 cm³/mol. The Morgan fingerprint density at radius 2 is 1.22 bits per heavy atom. The first kappa shape index (κ1) is 43.7. The highest BCUT2D eigenvalue weighted by atomic mass is 31.2. The van der Waals surface area contributed by atoms with Gasteiger partial charge in [0.15, 0.2) is 0 Å². The zero-order chi connectivity index (χ0) is 33.3. The maximum atomic E-state index is 12.6. The SMILES string of the molecule is CCCCCC/C=C\C/C=C\CCCCCCCC(=O)NC(COP(=O)(O)OCCN)C(O)/C=C/CCCCCCCCCC. The lowest BCUT2D eigenvalue weighted by Gasteiger charge is -2.23. The molecule has 45 heavy (non-hydrogen) atoms. The average molecular weight is 657 g/mol. The molecule has 0 fully saturated rings. The van der Waals surface area contributed by atoms with Gasteiger partial charge < -0.3 is 21.1 Å². The lowest BCUT2D eigenvalue weighted by Crippen LogP contribution is -2.45. The number of carbonyl (C=O) groups excluding carboxylic acids is 1. The van der Waals surface area contributed by atoms with Crippen molar-refractivity contribution < 1.29 is 28.4 Å². The molecule has 0 radical (unpaired) electrons. The Kier molecular flexibility index (Phi) is 31.7. The van der Waals surface area contributed by atoms with Crippen molar-refractivity contribution in [3.63, 3.8) is 0 Å². The van der Waals surface area contributed by atoms with Gasteiger partial charge in [-0.25, -0.2) is 4.57 Å². The van der Waals surface area contributed by atoms with Crippen LogP contribution in [0.2, 0.25) is 0 Å². The Labute approximate surface area is 276 Å². The number of hydrogen-bond acceptors (Lipinski definition) is 6. The maximum Gasteiger partial charge on any atom is 0.472 e. The lowest BCUT2D eigenvalue weighted by molar-refractivity contribution is -0.123. The standard InChI is InChI=1S/C36H69N2O6P/c1-3-5-7-9-11-13-15-16-17-18-19-20-22-24-26-28-30-36(40)38-34(33-44-45(41,42)43-32-31-37)35(39)29-27-25-23-21-14-12-10-8-6-4-2/h13,15,17-18,27,29,34-35,39H,3-12,14,16,19-26,28,30-33,37H2,1-2H3,(H,38,40)(H,41,42)/b15-13-,18-17-,29-27+. The van der Waals surface area contributed by atoms with E-state index in [-0.39, 0.29) is 25.7 Å². The summed E-state index contributed by atoms with van der Waals surface area (Å²) in [5.74, 6) is -0.212. The Hall–Kier alpha value is -1.28. The van der Waals surface area contributed by atoms with E-state index >= 15 is 0 Å². The second kappa shape index (κ2) is 32.7. The van der Waals surface area contributed by atoms with E-state index in [2.05, 4.69) is 43.5 Å². The summed E-state index contributed by atoms with van der Waals surface area (Å²) in [6.07, 6.45) is 36.1. The summed E-state index contributed by atoms with van der Waals surface area (Å²) < 4.78 is 22.0. The Bertz CT molecular complexity index is 804. The van der Waals surface area contributed by atoms with Crippen molar-refractivity contribution in [1.82, 2.24) is 5.32 Å². The molecule has 0 aliphatic heterocycles. The highest BCUT2D eigenvalue weighted by Crippen LogP contribution is 2.43. The van der Waals surface area contributed by atoms with Crippen molar-refractivity contribution in [2.75, 3.05) is 19.8 Å². The van der Waals surface area contributed by atoms with Gasteiger partial charge in [-0.1, -0.05) is 134 Å². The number of amides is 1. The Balaban J connectivity index is 4.35. The van der Waals surface area contributed by atoms with Crippen molar-refractivity contribution in [1.29, 1.82) is 0 Å². The molecule has 0 aromatic rings. The number of rotatable bonds is 33. The van der Waals surface area contributed by atoms with Crippen LogP contribution in [0, 0.1) is 0 Å². The van der Waals surface area contributed by atoms with Crippen LogP contribution < -0.4 is 11.1 Å². The van der Waals surface area contributed by atoms with E-state index in [4.69, 9.17) is 14.8 Å². The first-order valence-electron chi connectivity index (χ1n) is 18.1. The molecule has 0 bridgehead atoms. The van der Waals surface area contributed by atoms with Gasteiger partial charge in [0.2, 0.25) is 5.91 Å². The largest absolute Gasteiger partial charge is 0.472 e. The molecular weight excluding hydrogens is 587 g/mol. The summed E-state index contributed by atoms with van der Waals surface area (Å²) in [6, 6.07) is -0.864. The molecule has 0 rings (SSSR count). The van der Waals surface area contributed by atoms with Crippen LogP contribution in [0.4, 0.5) is 0 Å². The van der Waals surface area contributed by atoms with Gasteiger partial charge in [-0.15, -0.1) is 0 Å². The van der Waals surface area contributed by atoms with E-state index < -0.39 is 20.0 Å². The second-order valence-corrected chi connectivity index (χ2v) is 13.5. The summed E-state index contributed by atoms with van der Waals surface area (Å²) in [5, 5.41) is 13.5. The van der Waals surface area contributed by atoms with E-state index in [1.807, 2.05) is 6.08 Å². The van der Waals surface area contributed by atoms with Gasteiger partial charge in [0.05, 0.1) is 25.4 Å². The maximum absolute atomic E-state index is 12.6. The van der Waals surface area contributed by atoms with Gasteiger partial charge in [-0.05, 0) is 51.4 Å². The summed E-state index contributed by atoms with van der Waals surface area (Å²) in [7, 11) is -4.33. The van der Waals surface area contributed by atoms with Gasteiger partial charge in [-0.2, -0.15) is 0 Å². The van der Waals surface area contributed by atoms with Gasteiger partial charge >= 0.3 is 7.82 Å². The molecule has 0 heterocycles. The summed E-state index contributed by atoms with van der Waals surface area (Å²) >= 11 is 0. The summed E-state index contributed by atoms with van der Waals surface area (Å²) in [5.41, 5.74) is 5.34. The summed E-state index contributed by atoms with van der Waals surface area (Å²) in [4.78, 5) is 22.5. The van der Waals surface area contributed by atoms with E-state index in [9.17, 15) is 19.4 Å². The third-order valence-electron chi connectivity index (χ3n) is 7.71. The molecular formula is C36H69N2O6P. The average Bonchev–Trinajstić information content (AvgIpc) is 3.02. The van der Waals surface area contributed by atoms with Crippen molar-refractivity contribution in [3.8, 4) is 0 Å². The third-order valence-corrected chi connectivity index (χ3v) is 8.69. The number of aliphatic hydroxyl groups excluding tert-OH is 1. The molecule has 9 heteroatoms. The fourth-order valence-corrected chi connectivity index (χ4v) is 5.68. The van der Waals surface area contributed by atoms with Gasteiger partial charge in [0.25, 0.3) is 0 Å². The molecule has 0 aromatic heterocycles. The van der Waals surface area contributed by atoms with E-state index in [1.54, 1.807) is 6.08 Å². The number of allylic oxidation sites excluding steroid dienone is 5. The fraction of sp³-hybridized carbons (Fsp3) is 0.806. The number of unbranched alkanes of at least 4 members (excludes halogenated alkanes) is 17. The van der Waals surface area contributed by atoms with Crippen LogP contribution in [0.5, 0.6) is 0 Å². The van der Waals surface area contributed by atoms with Gasteiger partial charge in [-0.3, -0.25) is 13.8 Å². The number of nitrogens with one attached hydrogen (secondary N) is 1. The molecule has 264 valence electrons. The molecule has 5 N–H and O–H groups in total. The van der Waals surface area contributed by atoms with Crippen molar-refractivity contribution in [2.24, 2.45) is 5.73 Å². The lowest BCUT2D eigenvalue weighted by atomic mass is 10.1. The van der Waals surface area contributed by atoms with Crippen molar-refractivity contribution in [3.05, 3.63) is 36.5 Å². The molecule has 3 unspecified atom stereocenters. The number of nitrogens with two attached hydrogens (primary N) is 1. The third kappa shape index (κ3) is 31.1. The van der Waals surface area contributed by atoms with Crippen LogP contribution in [0.1, 0.15) is 155 Å². The minimum Gasteiger partial charge on any atom is -0.387 e. The minimum absolute atomic E-state index is 0.0752. The molecule has 8 nitrogen and oxygen atoms in total. The molecule has 0 saturated carbocycles. The molecule has 0 aromatic carbocycles. The van der Waals surface area contributed by atoms with Crippen molar-refractivity contribution in [2.45, 2.75) is 167 Å².